The Bertz CT molecular complexity index is 762. The molecule has 3 N–H and O–H groups in total. The highest BCUT2D eigenvalue weighted by Gasteiger charge is 2.37. The van der Waals surface area contributed by atoms with Crippen LogP contribution in [-0.2, 0) is 21.0 Å². The Morgan fingerprint density at radius 1 is 1.32 bits per heavy atom. The Morgan fingerprint density at radius 3 is 2.36 bits per heavy atom. The Labute approximate surface area is 148 Å². The molecule has 2 rings (SSSR count). The molecule has 0 radical (unpaired) electrons. The van der Waals surface area contributed by atoms with Gasteiger partial charge in [-0.05, 0) is 25.1 Å². The average molecular weight is 401 g/mol. The number of hydrogen-bond acceptors (Lipinski definition) is 3. The van der Waals surface area contributed by atoms with Crippen LogP contribution >= 0.6 is 11.6 Å². The molecule has 1 fully saturated rings. The number of primary amides is 1. The minimum Gasteiger partial charge on any atom is -0.365 e. The van der Waals surface area contributed by atoms with E-state index in [2.05, 4.69) is 0 Å². The summed E-state index contributed by atoms with van der Waals surface area (Å²) in [7, 11) is -4.17. The van der Waals surface area contributed by atoms with Gasteiger partial charge in [0.1, 0.15) is 4.90 Å². The predicted molar refractivity (Wildman–Crippen MR) is 84.6 cm³/mol. The fourth-order valence-electron chi connectivity index (χ4n) is 2.66. The first-order valence-electron chi connectivity index (χ1n) is 7.45. The molecule has 1 aromatic carbocycles. The van der Waals surface area contributed by atoms with Crippen LogP contribution in [0.5, 0.6) is 0 Å². The number of carbonyl (C=O) groups excluding carboxylic acids is 1. The maximum Gasteiger partial charge on any atom is 0.416 e. The number of quaternary nitrogens is 1. The van der Waals surface area contributed by atoms with Gasteiger partial charge in [-0.15, -0.1) is 0 Å². The van der Waals surface area contributed by atoms with Gasteiger partial charge in [-0.2, -0.15) is 17.5 Å². The first-order valence-corrected chi connectivity index (χ1v) is 9.27. The molecule has 6 nitrogen and oxygen atoms in total. The summed E-state index contributed by atoms with van der Waals surface area (Å²) in [5.41, 5.74) is 4.16. The van der Waals surface area contributed by atoms with Gasteiger partial charge in [-0.1, -0.05) is 11.6 Å². The van der Waals surface area contributed by atoms with E-state index >= 15 is 0 Å². The highest BCUT2D eigenvalue weighted by molar-refractivity contribution is 7.89. The van der Waals surface area contributed by atoms with Crippen molar-refractivity contribution in [2.24, 2.45) is 5.73 Å². The van der Waals surface area contributed by atoms with Crippen LogP contribution in [0.1, 0.15) is 12.5 Å². The van der Waals surface area contributed by atoms with E-state index in [1.54, 1.807) is 6.92 Å². The number of amides is 1. The van der Waals surface area contributed by atoms with Crippen molar-refractivity contribution in [3.05, 3.63) is 28.8 Å². The maximum absolute atomic E-state index is 12.8. The average Bonchev–Trinajstić information content (AvgIpc) is 2.53. The van der Waals surface area contributed by atoms with Gasteiger partial charge in [0, 0.05) is 0 Å². The first-order chi connectivity index (χ1) is 11.4. The number of rotatable bonds is 4. The molecule has 1 aromatic rings. The molecule has 25 heavy (non-hydrogen) atoms. The first kappa shape index (κ1) is 20.0. The molecule has 1 atom stereocenters. The topological polar surface area (TPSA) is 84.9 Å². The van der Waals surface area contributed by atoms with Gasteiger partial charge in [0.15, 0.2) is 6.04 Å². The molecule has 11 heteroatoms. The van der Waals surface area contributed by atoms with Crippen LogP contribution in [0.2, 0.25) is 5.02 Å². The second-order valence-electron chi connectivity index (χ2n) is 5.83. The van der Waals surface area contributed by atoms with Crippen LogP contribution in [0.4, 0.5) is 13.2 Å². The van der Waals surface area contributed by atoms with Gasteiger partial charge < -0.3 is 10.6 Å². The van der Waals surface area contributed by atoms with E-state index < -0.39 is 38.6 Å². The minimum atomic E-state index is -4.67. The molecule has 0 bridgehead atoms. The number of nitrogens with one attached hydrogen (secondary N) is 1. The fraction of sp³-hybridized carbons (Fsp3) is 0.500. The number of piperazine rings is 1. The number of nitrogens with two attached hydrogens (primary N) is 1. The summed E-state index contributed by atoms with van der Waals surface area (Å²) < 4.78 is 65.0. The molecule has 0 unspecified atom stereocenters. The van der Waals surface area contributed by atoms with E-state index in [1.165, 1.54) is 0 Å². The third-order valence-electron chi connectivity index (χ3n) is 4.28. The van der Waals surface area contributed by atoms with Crippen molar-refractivity contribution in [3.8, 4) is 0 Å². The monoisotopic (exact) mass is 400 g/mol. The lowest BCUT2D eigenvalue weighted by Crippen LogP contribution is -3.19. The van der Waals surface area contributed by atoms with Gasteiger partial charge in [-0.25, -0.2) is 8.42 Å². The van der Waals surface area contributed by atoms with E-state index in [4.69, 9.17) is 17.3 Å². The van der Waals surface area contributed by atoms with Gasteiger partial charge in [0.05, 0.1) is 36.8 Å². The lowest BCUT2D eigenvalue weighted by molar-refractivity contribution is -0.917. The summed E-state index contributed by atoms with van der Waals surface area (Å²) in [6.45, 7) is 2.40. The van der Waals surface area contributed by atoms with E-state index in [0.29, 0.717) is 19.2 Å². The molecule has 1 aliphatic heterocycles. The molecular weight excluding hydrogens is 383 g/mol. The van der Waals surface area contributed by atoms with Crippen molar-refractivity contribution >= 4 is 27.5 Å². The maximum atomic E-state index is 12.8. The quantitative estimate of drug-likeness (QED) is 0.753. The molecule has 0 aliphatic carbocycles. The minimum absolute atomic E-state index is 0.0574. The number of benzene rings is 1. The standard InChI is InChI=1S/C14H17ClF3N3O3S/c1-9(13(19)22)20-4-6-21(7-5-20)25(23,24)12-8-10(14(16,17)18)2-3-11(12)15/h2-3,8-9H,4-7H2,1H3,(H2,19,22)/p+1/t9-/m1/s1. The SMILES string of the molecule is C[C@H](C(N)=O)[NH+]1CCN(S(=O)(=O)c2cc(C(F)(F)F)ccc2Cl)CC1. The lowest BCUT2D eigenvalue weighted by Gasteiger charge is -2.33. The van der Waals surface area contributed by atoms with Crippen molar-refractivity contribution in [2.75, 3.05) is 26.2 Å². The van der Waals surface area contributed by atoms with Crippen molar-refractivity contribution in [1.29, 1.82) is 0 Å². The van der Waals surface area contributed by atoms with Crippen molar-refractivity contribution in [1.82, 2.24) is 4.31 Å². The van der Waals surface area contributed by atoms with Crippen molar-refractivity contribution in [3.63, 3.8) is 0 Å². The fourth-order valence-corrected chi connectivity index (χ4v) is 4.61. The van der Waals surface area contributed by atoms with Gasteiger partial charge in [0.25, 0.3) is 5.91 Å². The normalized spacial score (nSPS) is 18.9. The van der Waals surface area contributed by atoms with E-state index in [1.807, 2.05) is 0 Å². The number of alkyl halides is 3. The van der Waals surface area contributed by atoms with Gasteiger partial charge >= 0.3 is 6.18 Å². The van der Waals surface area contributed by atoms with Gasteiger partial charge in [0.2, 0.25) is 10.0 Å². The van der Waals surface area contributed by atoms with Crippen LogP contribution < -0.4 is 10.6 Å². The van der Waals surface area contributed by atoms with Crippen molar-refractivity contribution < 1.29 is 31.3 Å². The van der Waals surface area contributed by atoms with Crippen LogP contribution in [0.15, 0.2) is 23.1 Å². The zero-order chi connectivity index (χ0) is 19.0. The molecule has 140 valence electrons. The smallest absolute Gasteiger partial charge is 0.365 e. The Balaban J connectivity index is 2.25. The van der Waals surface area contributed by atoms with E-state index in [-0.39, 0.29) is 18.1 Å². The van der Waals surface area contributed by atoms with Gasteiger partial charge in [-0.3, -0.25) is 4.79 Å². The molecule has 0 spiro atoms. The zero-order valence-corrected chi connectivity index (χ0v) is 14.9. The molecule has 0 saturated carbocycles. The van der Waals surface area contributed by atoms with Crippen LogP contribution in [-0.4, -0.2) is 50.9 Å². The van der Waals surface area contributed by atoms with E-state index in [9.17, 15) is 26.4 Å². The molecule has 1 saturated heterocycles. The summed E-state index contributed by atoms with van der Waals surface area (Å²) in [4.78, 5) is 11.5. The predicted octanol–water partition coefficient (Wildman–Crippen LogP) is 0.122. The summed E-state index contributed by atoms with van der Waals surface area (Å²) >= 11 is 5.83. The van der Waals surface area contributed by atoms with E-state index in [0.717, 1.165) is 21.3 Å². The molecular formula is C14H18ClF3N3O3S+. The molecule has 0 aromatic heterocycles. The molecule has 1 aliphatic rings. The number of nitrogens with zero attached hydrogens (tertiary/aromatic N) is 1. The molecule has 1 amide bonds. The summed E-state index contributed by atoms with van der Waals surface area (Å²) in [6.07, 6.45) is -4.67. The Morgan fingerprint density at radius 2 is 1.88 bits per heavy atom. The number of sulfonamides is 1. The second-order valence-corrected chi connectivity index (χ2v) is 8.14. The van der Waals surface area contributed by atoms with Crippen LogP contribution in [0.3, 0.4) is 0 Å². The largest absolute Gasteiger partial charge is 0.416 e. The third-order valence-corrected chi connectivity index (χ3v) is 6.66. The molecule has 1 heterocycles. The Kier molecular flexibility index (Phi) is 5.67. The second kappa shape index (κ2) is 7.10. The summed E-state index contributed by atoms with van der Waals surface area (Å²) in [5.74, 6) is -0.493. The number of hydrogen-bond donors (Lipinski definition) is 2. The zero-order valence-electron chi connectivity index (χ0n) is 13.3. The number of halogens is 4. The highest BCUT2D eigenvalue weighted by Crippen LogP contribution is 2.34. The third kappa shape index (κ3) is 4.25. The van der Waals surface area contributed by atoms with Crippen molar-refractivity contribution in [2.45, 2.75) is 24.0 Å². The highest BCUT2D eigenvalue weighted by atomic mass is 35.5. The Hall–Kier alpha value is -1.36. The lowest BCUT2D eigenvalue weighted by atomic mass is 10.2. The van der Waals surface area contributed by atoms with Crippen LogP contribution in [0.25, 0.3) is 0 Å². The van der Waals surface area contributed by atoms with Crippen LogP contribution in [0, 0.1) is 0 Å². The number of carbonyl (C=O) groups is 1. The summed E-state index contributed by atoms with van der Waals surface area (Å²) in [6, 6.07) is 1.73. The summed E-state index contributed by atoms with van der Waals surface area (Å²) in [5, 5.41) is -0.270.